The molecule has 0 fully saturated rings. The number of nitrogen functional groups attached to an aromatic ring is 1. The van der Waals surface area contributed by atoms with E-state index in [1.807, 2.05) is 12.1 Å². The Labute approximate surface area is 129 Å². The van der Waals surface area contributed by atoms with E-state index in [4.69, 9.17) is 15.2 Å². The van der Waals surface area contributed by atoms with Crippen molar-refractivity contribution >= 4 is 26.7 Å². The fraction of sp³-hybridized carbons (Fsp3) is 0.533. The lowest BCUT2D eigenvalue weighted by Gasteiger charge is -2.16. The zero-order chi connectivity index (χ0) is 15.2. The van der Waals surface area contributed by atoms with Crippen molar-refractivity contribution in [2.75, 3.05) is 39.6 Å². The monoisotopic (exact) mass is 309 g/mol. The van der Waals surface area contributed by atoms with E-state index >= 15 is 0 Å². The molecule has 0 aliphatic carbocycles. The number of aromatic nitrogens is 1. The maximum Gasteiger partial charge on any atom is 0.181 e. The number of fused-ring (bicyclic) bond motifs is 1. The van der Waals surface area contributed by atoms with Crippen LogP contribution in [0.2, 0.25) is 0 Å². The summed E-state index contributed by atoms with van der Waals surface area (Å²) in [5.41, 5.74) is 6.59. The number of anilines is 1. The lowest BCUT2D eigenvalue weighted by atomic mass is 10.3. The van der Waals surface area contributed by atoms with Crippen molar-refractivity contribution < 1.29 is 9.47 Å². The number of nitrogens with two attached hydrogens (primary N) is 1. The van der Waals surface area contributed by atoms with Crippen LogP contribution in [0, 0.1) is 0 Å². The summed E-state index contributed by atoms with van der Waals surface area (Å²) in [6.45, 7) is 5.00. The molecule has 0 radical (unpaired) electrons. The van der Waals surface area contributed by atoms with Gasteiger partial charge in [0.1, 0.15) is 0 Å². The second kappa shape index (κ2) is 7.47. The van der Waals surface area contributed by atoms with E-state index in [1.165, 1.54) is 17.8 Å². The van der Waals surface area contributed by atoms with Crippen molar-refractivity contribution in [1.29, 1.82) is 0 Å². The normalized spacial score (nSPS) is 11.2. The Balaban J connectivity index is 1.97. The fourth-order valence-corrected chi connectivity index (χ4v) is 2.98. The molecule has 21 heavy (non-hydrogen) atoms. The third-order valence-corrected chi connectivity index (χ3v) is 4.08. The van der Waals surface area contributed by atoms with Gasteiger partial charge in [-0.2, -0.15) is 0 Å². The molecule has 5 nitrogen and oxygen atoms in total. The molecule has 0 saturated carbocycles. The maximum absolute atomic E-state index is 5.85. The first-order chi connectivity index (χ1) is 10.1. The highest BCUT2D eigenvalue weighted by Gasteiger charge is 2.10. The molecule has 6 heteroatoms. The molecule has 2 rings (SSSR count). The third kappa shape index (κ3) is 4.22. The van der Waals surface area contributed by atoms with Crippen molar-refractivity contribution in [3.05, 3.63) is 12.1 Å². The summed E-state index contributed by atoms with van der Waals surface area (Å²) in [5, 5.41) is 0.561. The highest BCUT2D eigenvalue weighted by Crippen LogP contribution is 2.35. The van der Waals surface area contributed by atoms with Gasteiger partial charge in [0, 0.05) is 18.7 Å². The van der Waals surface area contributed by atoms with Crippen LogP contribution in [0.5, 0.6) is 11.5 Å². The Morgan fingerprint density at radius 1 is 1.29 bits per heavy atom. The lowest BCUT2D eigenvalue weighted by molar-refractivity contribution is 0.254. The number of nitrogens with zero attached hydrogens (tertiary/aromatic N) is 2. The molecule has 1 heterocycles. The Morgan fingerprint density at radius 2 is 2.10 bits per heavy atom. The standard InChI is InChI=1S/C15H23N3O2S/c1-4-6-18(2)7-5-8-20-13-9-11-14(10-12(13)19-3)21-15(16)17-11/h9-10H,4-8H2,1-3H3,(H2,16,17). The van der Waals surface area contributed by atoms with Crippen molar-refractivity contribution in [2.45, 2.75) is 19.8 Å². The second-order valence-corrected chi connectivity index (χ2v) is 6.09. The van der Waals surface area contributed by atoms with Gasteiger partial charge in [-0.25, -0.2) is 4.98 Å². The predicted octanol–water partition coefficient (Wildman–Crippen LogP) is 3.00. The zero-order valence-corrected chi connectivity index (χ0v) is 13.7. The molecule has 0 bridgehead atoms. The van der Waals surface area contributed by atoms with Crippen molar-refractivity contribution in [1.82, 2.24) is 9.88 Å². The van der Waals surface area contributed by atoms with Gasteiger partial charge in [-0.05, 0) is 26.4 Å². The number of rotatable bonds is 8. The van der Waals surface area contributed by atoms with Crippen LogP contribution in [0.1, 0.15) is 19.8 Å². The van der Waals surface area contributed by atoms with Crippen LogP contribution in [0.4, 0.5) is 5.13 Å². The van der Waals surface area contributed by atoms with Crippen LogP contribution in [0.15, 0.2) is 12.1 Å². The maximum atomic E-state index is 5.85. The number of hydrogen-bond donors (Lipinski definition) is 1. The lowest BCUT2D eigenvalue weighted by Crippen LogP contribution is -2.21. The average Bonchev–Trinajstić information content (AvgIpc) is 2.81. The van der Waals surface area contributed by atoms with Gasteiger partial charge in [-0.3, -0.25) is 0 Å². The summed E-state index contributed by atoms with van der Waals surface area (Å²) < 4.78 is 12.2. The topological polar surface area (TPSA) is 60.6 Å². The van der Waals surface area contributed by atoms with E-state index in [2.05, 4.69) is 23.9 Å². The molecule has 116 valence electrons. The van der Waals surface area contributed by atoms with E-state index in [-0.39, 0.29) is 0 Å². The van der Waals surface area contributed by atoms with Gasteiger partial charge >= 0.3 is 0 Å². The molecule has 0 unspecified atom stereocenters. The summed E-state index contributed by atoms with van der Waals surface area (Å²) in [5.74, 6) is 1.46. The Bertz CT molecular complexity index is 586. The molecule has 2 aromatic rings. The quantitative estimate of drug-likeness (QED) is 0.760. The predicted molar refractivity (Wildman–Crippen MR) is 88.5 cm³/mol. The highest BCUT2D eigenvalue weighted by atomic mass is 32.1. The van der Waals surface area contributed by atoms with Crippen LogP contribution in [0.3, 0.4) is 0 Å². The molecular weight excluding hydrogens is 286 g/mol. The second-order valence-electron chi connectivity index (χ2n) is 5.03. The van der Waals surface area contributed by atoms with Gasteiger partial charge in [0.2, 0.25) is 0 Å². The molecule has 0 spiro atoms. The Hall–Kier alpha value is -1.53. The summed E-state index contributed by atoms with van der Waals surface area (Å²) >= 11 is 1.45. The molecule has 1 aromatic heterocycles. The summed E-state index contributed by atoms with van der Waals surface area (Å²) in [4.78, 5) is 6.59. The molecule has 1 aromatic carbocycles. The highest BCUT2D eigenvalue weighted by molar-refractivity contribution is 7.22. The van der Waals surface area contributed by atoms with E-state index in [0.29, 0.717) is 11.7 Å². The summed E-state index contributed by atoms with van der Waals surface area (Å²) in [7, 11) is 3.78. The third-order valence-electron chi connectivity index (χ3n) is 3.24. The van der Waals surface area contributed by atoms with Gasteiger partial charge in [0.25, 0.3) is 0 Å². The van der Waals surface area contributed by atoms with Gasteiger partial charge in [0.05, 0.1) is 23.9 Å². The minimum Gasteiger partial charge on any atom is -0.493 e. The fourth-order valence-electron chi connectivity index (χ4n) is 2.24. The first kappa shape index (κ1) is 15.9. The van der Waals surface area contributed by atoms with Crippen LogP contribution in [-0.4, -0.2) is 43.7 Å². The van der Waals surface area contributed by atoms with Crippen LogP contribution in [-0.2, 0) is 0 Å². The SMILES string of the molecule is CCCN(C)CCCOc1cc2nc(N)sc2cc1OC. The van der Waals surface area contributed by atoms with Crippen LogP contribution in [0.25, 0.3) is 10.2 Å². The number of methoxy groups -OCH3 is 1. The van der Waals surface area contributed by atoms with E-state index in [9.17, 15) is 0 Å². The number of benzene rings is 1. The minimum absolute atomic E-state index is 0.561. The summed E-state index contributed by atoms with van der Waals surface area (Å²) in [6.07, 6.45) is 2.16. The molecular formula is C15H23N3O2S. The molecule has 0 aliphatic heterocycles. The van der Waals surface area contributed by atoms with E-state index in [0.717, 1.165) is 41.2 Å². The van der Waals surface area contributed by atoms with Gasteiger partial charge < -0.3 is 20.1 Å². The first-order valence-corrected chi connectivity index (χ1v) is 8.01. The van der Waals surface area contributed by atoms with Gasteiger partial charge in [0.15, 0.2) is 16.6 Å². The largest absolute Gasteiger partial charge is 0.493 e. The van der Waals surface area contributed by atoms with Crippen LogP contribution >= 0.6 is 11.3 Å². The van der Waals surface area contributed by atoms with Crippen molar-refractivity contribution in [3.8, 4) is 11.5 Å². The number of hydrogen-bond acceptors (Lipinski definition) is 6. The molecule has 2 N–H and O–H groups in total. The minimum atomic E-state index is 0.561. The Morgan fingerprint density at radius 3 is 2.81 bits per heavy atom. The summed E-state index contributed by atoms with van der Waals surface area (Å²) in [6, 6.07) is 3.83. The smallest absolute Gasteiger partial charge is 0.181 e. The zero-order valence-electron chi connectivity index (χ0n) is 12.9. The molecule has 0 aliphatic rings. The van der Waals surface area contributed by atoms with Crippen molar-refractivity contribution in [2.24, 2.45) is 0 Å². The number of thiazole rings is 1. The average molecular weight is 309 g/mol. The molecule has 0 atom stereocenters. The first-order valence-electron chi connectivity index (χ1n) is 7.19. The van der Waals surface area contributed by atoms with E-state index in [1.54, 1.807) is 7.11 Å². The van der Waals surface area contributed by atoms with Gasteiger partial charge in [-0.15, -0.1) is 0 Å². The van der Waals surface area contributed by atoms with E-state index < -0.39 is 0 Å². The number of ether oxygens (including phenoxy) is 2. The van der Waals surface area contributed by atoms with Gasteiger partial charge in [-0.1, -0.05) is 18.3 Å². The van der Waals surface area contributed by atoms with Crippen LogP contribution < -0.4 is 15.2 Å². The molecule has 0 saturated heterocycles. The Kier molecular flexibility index (Phi) is 5.64. The molecule has 0 amide bonds. The van der Waals surface area contributed by atoms with Crippen molar-refractivity contribution in [3.63, 3.8) is 0 Å².